The lowest BCUT2D eigenvalue weighted by atomic mass is 10.1. The van der Waals surface area contributed by atoms with E-state index in [1.54, 1.807) is 31.3 Å². The van der Waals surface area contributed by atoms with E-state index in [-0.39, 0.29) is 29.3 Å². The third-order valence-electron chi connectivity index (χ3n) is 5.37. The van der Waals surface area contributed by atoms with E-state index in [0.717, 1.165) is 0 Å². The number of hydrogen-bond acceptors (Lipinski definition) is 11. The summed E-state index contributed by atoms with van der Waals surface area (Å²) >= 11 is 0. The zero-order chi connectivity index (χ0) is 23.3. The van der Waals surface area contributed by atoms with Crippen LogP contribution in [0.5, 0.6) is 0 Å². The van der Waals surface area contributed by atoms with Crippen LogP contribution in [-0.4, -0.2) is 69.9 Å². The summed E-state index contributed by atoms with van der Waals surface area (Å²) in [5, 5.41) is 2.93. The number of carbonyl (C=O) groups is 1. The fourth-order valence-corrected chi connectivity index (χ4v) is 4.93. The Bertz CT molecular complexity index is 1280. The van der Waals surface area contributed by atoms with Crippen molar-refractivity contribution < 1.29 is 28.2 Å². The molecule has 4 heterocycles. The number of aromatic nitrogens is 4. The van der Waals surface area contributed by atoms with E-state index in [4.69, 9.17) is 31.8 Å². The number of nitrogens with one attached hydrogen (secondary N) is 2. The number of anilines is 2. The summed E-state index contributed by atoms with van der Waals surface area (Å²) in [5.41, 5.74) is 6.14. The SMILES string of the molecule is [B][P+]1(O)OC[C@H]2O[C@@H](n3cnc4c(=O)[nH]c(N)nc43)[C@@H](OC(=O)c3ccccc3NC)[C@H]2O1. The summed E-state index contributed by atoms with van der Waals surface area (Å²) in [5.74, 6) is -0.786. The minimum absolute atomic E-state index is 0.0216. The molecule has 15 heteroatoms. The first-order valence-electron chi connectivity index (χ1n) is 9.86. The van der Waals surface area contributed by atoms with Crippen LogP contribution in [0.25, 0.3) is 11.2 Å². The molecule has 2 aromatic heterocycles. The highest BCUT2D eigenvalue weighted by molar-refractivity contribution is 7.85. The van der Waals surface area contributed by atoms with E-state index in [1.807, 2.05) is 0 Å². The lowest BCUT2D eigenvalue weighted by Crippen LogP contribution is -2.42. The van der Waals surface area contributed by atoms with Gasteiger partial charge in [0.25, 0.3) is 5.56 Å². The fourth-order valence-electron chi connectivity index (χ4n) is 3.90. The Kier molecular flexibility index (Phi) is 5.34. The van der Waals surface area contributed by atoms with E-state index >= 15 is 0 Å². The smallest absolute Gasteiger partial charge is 0.451 e. The highest BCUT2D eigenvalue weighted by atomic mass is 31.2. The Hall–Kier alpha value is -3.03. The Morgan fingerprint density at radius 1 is 1.45 bits per heavy atom. The minimum Gasteiger partial charge on any atom is -0.451 e. The van der Waals surface area contributed by atoms with E-state index < -0.39 is 43.9 Å². The van der Waals surface area contributed by atoms with Crippen LogP contribution in [0.4, 0.5) is 11.6 Å². The third kappa shape index (κ3) is 3.85. The number of nitrogens with zero attached hydrogens (tertiary/aromatic N) is 3. The quantitative estimate of drug-likeness (QED) is 0.230. The predicted molar refractivity (Wildman–Crippen MR) is 117 cm³/mol. The second kappa shape index (κ2) is 8.08. The number of nitrogen functional groups attached to an aromatic ring is 1. The first kappa shape index (κ1) is 21.8. The number of aromatic amines is 1. The fraction of sp³-hybridized carbons (Fsp3) is 0.333. The van der Waals surface area contributed by atoms with Crippen molar-refractivity contribution in [3.8, 4) is 0 Å². The van der Waals surface area contributed by atoms with Crippen molar-refractivity contribution in [2.45, 2.75) is 24.5 Å². The Balaban J connectivity index is 1.55. The van der Waals surface area contributed by atoms with Gasteiger partial charge in [0.05, 0.1) is 11.9 Å². The second-order valence-electron chi connectivity index (χ2n) is 7.44. The molecule has 33 heavy (non-hydrogen) atoms. The molecule has 0 amide bonds. The van der Waals surface area contributed by atoms with Gasteiger partial charge in [-0.2, -0.15) is 14.0 Å². The summed E-state index contributed by atoms with van der Waals surface area (Å²) in [4.78, 5) is 46.1. The monoisotopic (exact) mass is 473 g/mol. The molecule has 0 spiro atoms. The number of carbonyl (C=O) groups excluding carboxylic acids is 1. The van der Waals surface area contributed by atoms with Gasteiger partial charge < -0.3 is 20.5 Å². The normalized spacial score (nSPS) is 29.0. The number of H-pyrrole nitrogens is 1. The van der Waals surface area contributed by atoms with Crippen molar-refractivity contribution in [2.75, 3.05) is 24.7 Å². The summed E-state index contributed by atoms with van der Waals surface area (Å²) < 4.78 is 24.0. The van der Waals surface area contributed by atoms with Gasteiger partial charge in [0.15, 0.2) is 29.6 Å². The number of para-hydroxylation sites is 1. The van der Waals surface area contributed by atoms with Crippen LogP contribution in [0.3, 0.4) is 0 Å². The van der Waals surface area contributed by atoms with Crippen LogP contribution in [0.2, 0.25) is 0 Å². The number of imidazole rings is 1. The van der Waals surface area contributed by atoms with Gasteiger partial charge in [0.2, 0.25) is 5.95 Å². The molecule has 3 aromatic rings. The topological polar surface area (TPSA) is 176 Å². The standard InChI is InChI=1S/C18H19BN6O7P/c1-21-9-5-3-2-4-8(9)17(27)31-13-12-10(6-29-33(19,28)32-12)30-16(13)25-7-22-11-14(25)23-18(20)24-15(11)26/h2-5,7,10,12-13,16,21,28H,6H2,1H3,(H3,20,23,24,26)/q+1/t10-,12+,13+,16-,33?/m1/s1. The molecule has 5 rings (SSSR count). The van der Waals surface area contributed by atoms with Gasteiger partial charge in [0, 0.05) is 12.7 Å². The van der Waals surface area contributed by atoms with E-state index in [1.165, 1.54) is 10.9 Å². The number of esters is 1. The largest absolute Gasteiger partial charge is 0.488 e. The first-order valence-corrected chi connectivity index (χ1v) is 11.5. The van der Waals surface area contributed by atoms with Crippen LogP contribution in [0.15, 0.2) is 35.4 Å². The van der Waals surface area contributed by atoms with Crippen molar-refractivity contribution in [2.24, 2.45) is 0 Å². The Morgan fingerprint density at radius 2 is 2.24 bits per heavy atom. The van der Waals surface area contributed by atoms with Crippen molar-refractivity contribution in [3.05, 3.63) is 46.5 Å². The number of fused-ring (bicyclic) bond motifs is 2. The average Bonchev–Trinajstić information content (AvgIpc) is 3.34. The molecule has 2 aliphatic rings. The molecule has 0 aliphatic carbocycles. The molecular formula is C18H19BN6O7P+. The number of benzene rings is 1. The van der Waals surface area contributed by atoms with E-state index in [0.29, 0.717) is 5.69 Å². The predicted octanol–water partition coefficient (Wildman–Crippen LogP) is 0.120. The summed E-state index contributed by atoms with van der Waals surface area (Å²) in [7, 11) is 3.74. The highest BCUT2D eigenvalue weighted by Crippen LogP contribution is 2.59. The van der Waals surface area contributed by atoms with Crippen molar-refractivity contribution >= 4 is 44.2 Å². The molecule has 5 N–H and O–H groups in total. The highest BCUT2D eigenvalue weighted by Gasteiger charge is 2.59. The van der Waals surface area contributed by atoms with Crippen molar-refractivity contribution in [1.29, 1.82) is 0 Å². The second-order valence-corrected chi connectivity index (χ2v) is 9.03. The first-order chi connectivity index (χ1) is 15.8. The van der Waals surface area contributed by atoms with Crippen LogP contribution in [0, 0.1) is 0 Å². The number of nitrogens with two attached hydrogens (primary N) is 1. The van der Waals surface area contributed by atoms with Crippen molar-refractivity contribution in [3.63, 3.8) is 0 Å². The number of rotatable bonds is 4. The molecule has 2 fully saturated rings. The zero-order valence-electron chi connectivity index (χ0n) is 17.2. The number of ether oxygens (including phenoxy) is 2. The van der Waals surface area contributed by atoms with Gasteiger partial charge in [-0.1, -0.05) is 12.1 Å². The molecule has 5 atom stereocenters. The van der Waals surface area contributed by atoms with Gasteiger partial charge in [-0.3, -0.25) is 14.3 Å². The van der Waals surface area contributed by atoms with Crippen molar-refractivity contribution in [1.82, 2.24) is 19.5 Å². The molecule has 170 valence electrons. The molecule has 0 saturated carbocycles. The van der Waals surface area contributed by atoms with Gasteiger partial charge in [0.1, 0.15) is 12.7 Å². The molecule has 1 aromatic carbocycles. The zero-order valence-corrected chi connectivity index (χ0v) is 18.1. The van der Waals surface area contributed by atoms with Gasteiger partial charge >= 0.3 is 21.4 Å². The minimum atomic E-state index is -3.64. The summed E-state index contributed by atoms with van der Waals surface area (Å²) in [6, 6.07) is 6.79. The molecule has 13 nitrogen and oxygen atoms in total. The molecule has 2 radical (unpaired) electrons. The van der Waals surface area contributed by atoms with Crippen LogP contribution < -0.4 is 16.6 Å². The maximum absolute atomic E-state index is 13.1. The Labute approximate surface area is 188 Å². The van der Waals surface area contributed by atoms with Gasteiger partial charge in [-0.25, -0.2) is 14.7 Å². The van der Waals surface area contributed by atoms with Gasteiger partial charge in [-0.15, -0.1) is 0 Å². The van der Waals surface area contributed by atoms with Crippen LogP contribution in [0.1, 0.15) is 16.6 Å². The van der Waals surface area contributed by atoms with Gasteiger partial charge in [-0.05, 0) is 12.1 Å². The number of hydrogen-bond donors (Lipinski definition) is 4. The van der Waals surface area contributed by atoms with E-state index in [2.05, 4.69) is 20.3 Å². The maximum atomic E-state index is 13.1. The summed E-state index contributed by atoms with van der Waals surface area (Å²) in [6.45, 7) is -0.0914. The maximum Gasteiger partial charge on any atom is 0.488 e. The molecule has 0 bridgehead atoms. The Morgan fingerprint density at radius 3 is 3.03 bits per heavy atom. The molecule has 2 saturated heterocycles. The van der Waals surface area contributed by atoms with E-state index in [9.17, 15) is 14.5 Å². The third-order valence-corrected chi connectivity index (χ3v) is 6.43. The molecular weight excluding hydrogens is 454 g/mol. The van der Waals surface area contributed by atoms with Crippen LogP contribution >= 0.6 is 7.82 Å². The molecule has 2 aliphatic heterocycles. The lowest BCUT2D eigenvalue weighted by Gasteiger charge is -2.29. The summed E-state index contributed by atoms with van der Waals surface area (Å²) in [6.07, 6.45) is -2.47. The lowest BCUT2D eigenvalue weighted by molar-refractivity contribution is -0.0612. The molecule has 1 unspecified atom stereocenters. The average molecular weight is 473 g/mol. The van der Waals surface area contributed by atoms with Crippen LogP contribution in [-0.2, 0) is 18.5 Å².